The number of nitrogens with one attached hydrogen (secondary N) is 1. The second-order valence-corrected chi connectivity index (χ2v) is 6.64. The van der Waals surface area contributed by atoms with Crippen LogP contribution < -0.4 is 5.32 Å². The summed E-state index contributed by atoms with van der Waals surface area (Å²) < 4.78 is 5.38. The highest BCUT2D eigenvalue weighted by Gasteiger charge is 2.36. The molecule has 2 rings (SSSR count). The van der Waals surface area contributed by atoms with E-state index in [1.165, 1.54) is 4.90 Å². The number of benzene rings is 1. The molecule has 1 fully saturated rings. The summed E-state index contributed by atoms with van der Waals surface area (Å²) in [5.41, 5.74) is 1.22. The maximum absolute atomic E-state index is 12.5. The van der Waals surface area contributed by atoms with Crippen molar-refractivity contribution in [1.82, 2.24) is 4.90 Å². The first-order valence-corrected chi connectivity index (χ1v) is 7.64. The molecule has 5 nitrogen and oxygen atoms in total. The van der Waals surface area contributed by atoms with E-state index in [0.29, 0.717) is 13.0 Å². The lowest BCUT2D eigenvalue weighted by atomic mass is 10.1. The number of hydrogen-bond donors (Lipinski definition) is 1. The van der Waals surface area contributed by atoms with Crippen molar-refractivity contribution in [2.45, 2.75) is 52.2 Å². The smallest absolute Gasteiger partial charge is 0.410 e. The van der Waals surface area contributed by atoms with E-state index in [4.69, 9.17) is 4.74 Å². The van der Waals surface area contributed by atoms with Crippen molar-refractivity contribution < 1.29 is 14.3 Å². The van der Waals surface area contributed by atoms with Crippen LogP contribution in [0.25, 0.3) is 0 Å². The molecule has 0 aliphatic carbocycles. The Hall–Kier alpha value is -2.04. The number of amides is 2. The molecule has 1 aromatic carbocycles. The van der Waals surface area contributed by atoms with Crippen LogP contribution in [0.4, 0.5) is 10.5 Å². The van der Waals surface area contributed by atoms with Gasteiger partial charge in [-0.15, -0.1) is 0 Å². The van der Waals surface area contributed by atoms with E-state index in [1.807, 2.05) is 52.0 Å². The van der Waals surface area contributed by atoms with Crippen molar-refractivity contribution in [2.75, 3.05) is 11.9 Å². The van der Waals surface area contributed by atoms with Crippen LogP contribution in [0, 0.1) is 6.92 Å². The van der Waals surface area contributed by atoms with Crippen LogP contribution in [-0.4, -0.2) is 35.1 Å². The van der Waals surface area contributed by atoms with Crippen LogP contribution in [-0.2, 0) is 9.53 Å². The summed E-state index contributed by atoms with van der Waals surface area (Å²) in [5, 5.41) is 2.91. The van der Waals surface area contributed by atoms with E-state index in [0.717, 1.165) is 17.7 Å². The topological polar surface area (TPSA) is 58.6 Å². The number of rotatable bonds is 2. The molecule has 22 heavy (non-hydrogen) atoms. The van der Waals surface area contributed by atoms with E-state index >= 15 is 0 Å². The molecule has 1 aliphatic rings. The number of carbonyl (C=O) groups excluding carboxylic acids is 2. The summed E-state index contributed by atoms with van der Waals surface area (Å²) in [6, 6.07) is 7.14. The number of para-hydroxylation sites is 1. The summed E-state index contributed by atoms with van der Waals surface area (Å²) in [5.74, 6) is -0.155. The summed E-state index contributed by atoms with van der Waals surface area (Å²) in [4.78, 5) is 26.2. The fourth-order valence-corrected chi connectivity index (χ4v) is 2.51. The van der Waals surface area contributed by atoms with Crippen molar-refractivity contribution in [3.05, 3.63) is 29.8 Å². The lowest BCUT2D eigenvalue weighted by Crippen LogP contribution is -2.45. The lowest BCUT2D eigenvalue weighted by Gasteiger charge is -2.28. The standard InChI is InChI=1S/C17H24N2O3/c1-12-8-5-6-9-13(12)18-15(20)14-10-7-11-19(14)16(21)22-17(2,3)4/h5-6,8-9,14H,7,10-11H2,1-4H3,(H,18,20). The van der Waals surface area contributed by atoms with Gasteiger partial charge in [0.25, 0.3) is 0 Å². The molecule has 0 saturated carbocycles. The number of ether oxygens (including phenoxy) is 1. The lowest BCUT2D eigenvalue weighted by molar-refractivity contribution is -0.120. The second kappa shape index (κ2) is 6.38. The minimum Gasteiger partial charge on any atom is -0.444 e. The number of carbonyl (C=O) groups is 2. The van der Waals surface area contributed by atoms with Gasteiger partial charge in [-0.1, -0.05) is 18.2 Å². The zero-order valence-corrected chi connectivity index (χ0v) is 13.7. The Bertz CT molecular complexity index is 563. The van der Waals surface area contributed by atoms with Gasteiger partial charge in [0.2, 0.25) is 5.91 Å². The number of anilines is 1. The Morgan fingerprint density at radius 3 is 2.59 bits per heavy atom. The van der Waals surface area contributed by atoms with Crippen LogP contribution in [0.15, 0.2) is 24.3 Å². The molecule has 0 spiro atoms. The predicted molar refractivity (Wildman–Crippen MR) is 85.8 cm³/mol. The molecule has 0 bridgehead atoms. The van der Waals surface area contributed by atoms with E-state index in [9.17, 15) is 9.59 Å². The number of hydrogen-bond acceptors (Lipinski definition) is 3. The van der Waals surface area contributed by atoms with Gasteiger partial charge in [0, 0.05) is 12.2 Å². The molecule has 1 unspecified atom stereocenters. The quantitative estimate of drug-likeness (QED) is 0.911. The number of nitrogens with zero attached hydrogens (tertiary/aromatic N) is 1. The van der Waals surface area contributed by atoms with Gasteiger partial charge in [-0.05, 0) is 52.2 Å². The van der Waals surface area contributed by atoms with E-state index < -0.39 is 17.7 Å². The number of likely N-dealkylation sites (tertiary alicyclic amines) is 1. The van der Waals surface area contributed by atoms with Crippen LogP contribution in [0.1, 0.15) is 39.2 Å². The molecule has 1 aliphatic heterocycles. The van der Waals surface area contributed by atoms with Crippen molar-refractivity contribution >= 4 is 17.7 Å². The molecular formula is C17H24N2O3. The first-order valence-electron chi connectivity index (χ1n) is 7.64. The average molecular weight is 304 g/mol. The molecule has 1 aromatic rings. The van der Waals surface area contributed by atoms with Crippen LogP contribution >= 0.6 is 0 Å². The normalized spacial score (nSPS) is 18.2. The van der Waals surface area contributed by atoms with Gasteiger partial charge in [0.05, 0.1) is 0 Å². The van der Waals surface area contributed by atoms with Gasteiger partial charge in [0.15, 0.2) is 0 Å². The largest absolute Gasteiger partial charge is 0.444 e. The van der Waals surface area contributed by atoms with E-state index in [2.05, 4.69) is 5.32 Å². The first kappa shape index (κ1) is 16.3. The fraction of sp³-hybridized carbons (Fsp3) is 0.529. The average Bonchev–Trinajstić information content (AvgIpc) is 2.89. The molecule has 0 radical (unpaired) electrons. The van der Waals surface area contributed by atoms with Crippen molar-refractivity contribution in [1.29, 1.82) is 0 Å². The molecule has 120 valence electrons. The van der Waals surface area contributed by atoms with Gasteiger partial charge < -0.3 is 10.1 Å². The third-order valence-corrected chi connectivity index (χ3v) is 3.59. The van der Waals surface area contributed by atoms with Gasteiger partial charge >= 0.3 is 6.09 Å². The minimum atomic E-state index is -0.559. The SMILES string of the molecule is Cc1ccccc1NC(=O)C1CCCN1C(=O)OC(C)(C)C. The predicted octanol–water partition coefficient (Wildman–Crippen LogP) is 3.33. The van der Waals surface area contributed by atoms with E-state index in [-0.39, 0.29) is 5.91 Å². The van der Waals surface area contributed by atoms with Crippen LogP contribution in [0.2, 0.25) is 0 Å². The van der Waals surface area contributed by atoms with Gasteiger partial charge in [-0.2, -0.15) is 0 Å². The van der Waals surface area contributed by atoms with Gasteiger partial charge in [0.1, 0.15) is 11.6 Å². The summed E-state index contributed by atoms with van der Waals surface area (Å²) in [6.07, 6.45) is 1.05. The Labute approximate surface area is 131 Å². The van der Waals surface area contributed by atoms with Gasteiger partial charge in [-0.3, -0.25) is 9.69 Å². The zero-order chi connectivity index (χ0) is 16.3. The highest BCUT2D eigenvalue weighted by Crippen LogP contribution is 2.23. The molecule has 1 saturated heterocycles. The Morgan fingerprint density at radius 1 is 1.27 bits per heavy atom. The van der Waals surface area contributed by atoms with Crippen LogP contribution in [0.5, 0.6) is 0 Å². The minimum absolute atomic E-state index is 0.155. The number of aryl methyl sites for hydroxylation is 1. The molecule has 1 atom stereocenters. The summed E-state index contributed by atoms with van der Waals surface area (Å²) in [6.45, 7) is 7.97. The third kappa shape index (κ3) is 4.00. The fourth-order valence-electron chi connectivity index (χ4n) is 2.51. The molecular weight excluding hydrogens is 280 g/mol. The molecule has 1 heterocycles. The van der Waals surface area contributed by atoms with Crippen molar-refractivity contribution in [3.8, 4) is 0 Å². The van der Waals surface area contributed by atoms with Crippen molar-refractivity contribution in [2.24, 2.45) is 0 Å². The van der Waals surface area contributed by atoms with Crippen LogP contribution in [0.3, 0.4) is 0 Å². The maximum Gasteiger partial charge on any atom is 0.410 e. The molecule has 0 aromatic heterocycles. The molecule has 5 heteroatoms. The molecule has 1 N–H and O–H groups in total. The summed E-state index contributed by atoms with van der Waals surface area (Å²) >= 11 is 0. The Kier molecular flexibility index (Phi) is 4.74. The van der Waals surface area contributed by atoms with E-state index in [1.54, 1.807) is 0 Å². The maximum atomic E-state index is 12.5. The van der Waals surface area contributed by atoms with Gasteiger partial charge in [-0.25, -0.2) is 4.79 Å². The molecule has 2 amide bonds. The second-order valence-electron chi connectivity index (χ2n) is 6.64. The van der Waals surface area contributed by atoms with Crippen molar-refractivity contribution in [3.63, 3.8) is 0 Å². The first-order chi connectivity index (χ1) is 10.3. The third-order valence-electron chi connectivity index (χ3n) is 3.59. The highest BCUT2D eigenvalue weighted by atomic mass is 16.6. The Balaban J connectivity index is 2.05. The summed E-state index contributed by atoms with van der Waals surface area (Å²) in [7, 11) is 0. The highest BCUT2D eigenvalue weighted by molar-refractivity contribution is 5.97. The zero-order valence-electron chi connectivity index (χ0n) is 13.7. The Morgan fingerprint density at radius 2 is 1.95 bits per heavy atom. The monoisotopic (exact) mass is 304 g/mol.